The van der Waals surface area contributed by atoms with E-state index in [4.69, 9.17) is 10.5 Å². The zero-order chi connectivity index (χ0) is 14.9. The van der Waals surface area contributed by atoms with Gasteiger partial charge >= 0.3 is 0 Å². The first kappa shape index (κ1) is 15.4. The first-order chi connectivity index (χ1) is 9.34. The van der Waals surface area contributed by atoms with Crippen molar-refractivity contribution in [3.63, 3.8) is 0 Å². The van der Waals surface area contributed by atoms with Crippen molar-refractivity contribution < 1.29 is 17.5 Å². The minimum absolute atomic E-state index is 0.170. The van der Waals surface area contributed by atoms with E-state index in [9.17, 15) is 12.8 Å². The molecule has 7 heteroatoms. The molecule has 1 saturated heterocycles. The van der Waals surface area contributed by atoms with Crippen molar-refractivity contribution in [2.75, 3.05) is 13.1 Å². The van der Waals surface area contributed by atoms with Crippen LogP contribution in [-0.4, -0.2) is 38.0 Å². The Balaban J connectivity index is 2.35. The Morgan fingerprint density at radius 2 is 1.95 bits per heavy atom. The lowest BCUT2D eigenvalue weighted by Crippen LogP contribution is -2.48. The third-order valence-corrected chi connectivity index (χ3v) is 5.10. The SMILES string of the molecule is CC1CN(S(=O)(=O)c2ccc(CN)cc2F)CC(C)O1. The average Bonchev–Trinajstić information content (AvgIpc) is 2.37. The molecule has 2 rings (SSSR count). The number of hydrogen-bond donors (Lipinski definition) is 1. The second-order valence-corrected chi connectivity index (χ2v) is 6.95. The monoisotopic (exact) mass is 302 g/mol. The highest BCUT2D eigenvalue weighted by Gasteiger charge is 2.33. The van der Waals surface area contributed by atoms with Crippen molar-refractivity contribution in [1.29, 1.82) is 0 Å². The minimum atomic E-state index is -3.85. The van der Waals surface area contributed by atoms with Gasteiger partial charge in [0.2, 0.25) is 10.0 Å². The number of halogens is 1. The molecule has 1 aromatic carbocycles. The van der Waals surface area contributed by atoms with Gasteiger partial charge in [0.25, 0.3) is 0 Å². The summed E-state index contributed by atoms with van der Waals surface area (Å²) in [5.74, 6) is -0.764. The molecule has 0 bridgehead atoms. The summed E-state index contributed by atoms with van der Waals surface area (Å²) in [6.07, 6.45) is -0.417. The second-order valence-electron chi connectivity index (χ2n) is 5.05. The summed E-state index contributed by atoms with van der Waals surface area (Å²) < 4.78 is 45.8. The van der Waals surface area contributed by atoms with E-state index in [1.54, 1.807) is 13.8 Å². The predicted molar refractivity (Wildman–Crippen MR) is 73.1 cm³/mol. The molecule has 112 valence electrons. The van der Waals surface area contributed by atoms with Gasteiger partial charge in [0.15, 0.2) is 0 Å². The maximum Gasteiger partial charge on any atom is 0.246 e. The predicted octanol–water partition coefficient (Wildman–Crippen LogP) is 1.08. The highest BCUT2D eigenvalue weighted by molar-refractivity contribution is 7.89. The van der Waals surface area contributed by atoms with Crippen LogP contribution in [0.1, 0.15) is 19.4 Å². The number of rotatable bonds is 3. The van der Waals surface area contributed by atoms with Gasteiger partial charge in [0.1, 0.15) is 10.7 Å². The number of morpholine rings is 1. The largest absolute Gasteiger partial charge is 0.373 e. The topological polar surface area (TPSA) is 72.6 Å². The fourth-order valence-corrected chi connectivity index (χ4v) is 3.98. The van der Waals surface area contributed by atoms with Crippen molar-refractivity contribution >= 4 is 10.0 Å². The van der Waals surface area contributed by atoms with Crippen LogP contribution in [0.3, 0.4) is 0 Å². The Kier molecular flexibility index (Phi) is 4.43. The van der Waals surface area contributed by atoms with Crippen LogP contribution in [0.4, 0.5) is 4.39 Å². The number of nitrogens with zero attached hydrogens (tertiary/aromatic N) is 1. The lowest BCUT2D eigenvalue weighted by atomic mass is 10.2. The van der Waals surface area contributed by atoms with Crippen molar-refractivity contribution in [2.24, 2.45) is 5.73 Å². The van der Waals surface area contributed by atoms with Crippen molar-refractivity contribution in [3.8, 4) is 0 Å². The van der Waals surface area contributed by atoms with Gasteiger partial charge in [0, 0.05) is 19.6 Å². The molecule has 0 spiro atoms. The van der Waals surface area contributed by atoms with Gasteiger partial charge in [0.05, 0.1) is 12.2 Å². The quantitative estimate of drug-likeness (QED) is 0.907. The van der Waals surface area contributed by atoms with Gasteiger partial charge in [-0.15, -0.1) is 0 Å². The molecule has 0 radical (unpaired) electrons. The Morgan fingerprint density at radius 3 is 2.45 bits per heavy atom. The zero-order valence-corrected chi connectivity index (χ0v) is 12.4. The molecule has 20 heavy (non-hydrogen) atoms. The van der Waals surface area contributed by atoms with Crippen LogP contribution < -0.4 is 5.73 Å². The number of sulfonamides is 1. The van der Waals surface area contributed by atoms with Crippen LogP contribution in [0.5, 0.6) is 0 Å². The van der Waals surface area contributed by atoms with E-state index >= 15 is 0 Å². The maximum atomic E-state index is 14.0. The molecule has 2 atom stereocenters. The van der Waals surface area contributed by atoms with E-state index in [-0.39, 0.29) is 36.7 Å². The Morgan fingerprint density at radius 1 is 1.35 bits per heavy atom. The molecule has 1 aliphatic rings. The fourth-order valence-electron chi connectivity index (χ4n) is 2.35. The summed E-state index contributed by atoms with van der Waals surface area (Å²) in [6.45, 7) is 4.22. The molecule has 2 unspecified atom stereocenters. The molecule has 0 aliphatic carbocycles. The van der Waals surface area contributed by atoms with Gasteiger partial charge in [-0.3, -0.25) is 0 Å². The first-order valence-corrected chi connectivity index (χ1v) is 7.92. The Bertz CT molecular complexity index is 581. The summed E-state index contributed by atoms with van der Waals surface area (Å²) >= 11 is 0. The third kappa shape index (κ3) is 3.01. The smallest absolute Gasteiger partial charge is 0.246 e. The lowest BCUT2D eigenvalue weighted by Gasteiger charge is -2.34. The van der Waals surface area contributed by atoms with E-state index < -0.39 is 15.8 Å². The van der Waals surface area contributed by atoms with E-state index in [0.29, 0.717) is 5.56 Å². The van der Waals surface area contributed by atoms with Crippen LogP contribution >= 0.6 is 0 Å². The summed E-state index contributed by atoms with van der Waals surface area (Å²) in [5, 5.41) is 0. The highest BCUT2D eigenvalue weighted by atomic mass is 32.2. The van der Waals surface area contributed by atoms with Gasteiger partial charge in [-0.25, -0.2) is 12.8 Å². The van der Waals surface area contributed by atoms with Crippen molar-refractivity contribution in [3.05, 3.63) is 29.6 Å². The Hall–Kier alpha value is -1.02. The van der Waals surface area contributed by atoms with Gasteiger partial charge in [-0.1, -0.05) is 6.07 Å². The molecule has 0 amide bonds. The number of ether oxygens (including phenoxy) is 1. The summed E-state index contributed by atoms with van der Waals surface area (Å²) in [6, 6.07) is 3.97. The van der Waals surface area contributed by atoms with Crippen LogP contribution in [0.25, 0.3) is 0 Å². The molecule has 1 aliphatic heterocycles. The molecular weight excluding hydrogens is 283 g/mol. The molecule has 1 fully saturated rings. The molecule has 1 aromatic rings. The molecule has 2 N–H and O–H groups in total. The molecule has 1 heterocycles. The van der Waals surface area contributed by atoms with Crippen LogP contribution in [0.15, 0.2) is 23.1 Å². The lowest BCUT2D eigenvalue weighted by molar-refractivity contribution is -0.0441. The maximum absolute atomic E-state index is 14.0. The van der Waals surface area contributed by atoms with E-state index in [0.717, 1.165) is 0 Å². The number of nitrogens with two attached hydrogens (primary N) is 1. The fraction of sp³-hybridized carbons (Fsp3) is 0.538. The van der Waals surface area contributed by atoms with Crippen molar-refractivity contribution in [2.45, 2.75) is 37.5 Å². The highest BCUT2D eigenvalue weighted by Crippen LogP contribution is 2.23. The van der Waals surface area contributed by atoms with E-state index in [2.05, 4.69) is 0 Å². The van der Waals surface area contributed by atoms with Gasteiger partial charge < -0.3 is 10.5 Å². The zero-order valence-electron chi connectivity index (χ0n) is 11.5. The first-order valence-electron chi connectivity index (χ1n) is 6.48. The molecular formula is C13H19FN2O3S. The summed E-state index contributed by atoms with van der Waals surface area (Å²) in [4.78, 5) is -0.309. The normalized spacial score (nSPS) is 24.8. The van der Waals surface area contributed by atoms with Crippen molar-refractivity contribution in [1.82, 2.24) is 4.31 Å². The molecule has 5 nitrogen and oxygen atoms in total. The third-order valence-electron chi connectivity index (χ3n) is 3.24. The Labute approximate surface area is 118 Å². The average molecular weight is 302 g/mol. The standard InChI is InChI=1S/C13H19FN2O3S/c1-9-7-16(8-10(2)19-9)20(17,18)13-4-3-11(6-15)5-12(13)14/h3-5,9-10H,6-8,15H2,1-2H3. The second kappa shape index (κ2) is 5.77. The van der Waals surface area contributed by atoms with Gasteiger partial charge in [-0.05, 0) is 31.5 Å². The number of hydrogen-bond acceptors (Lipinski definition) is 4. The van der Waals surface area contributed by atoms with Crippen LogP contribution in [0.2, 0.25) is 0 Å². The minimum Gasteiger partial charge on any atom is -0.373 e. The van der Waals surface area contributed by atoms with E-state index in [1.165, 1.54) is 22.5 Å². The molecule has 0 saturated carbocycles. The number of benzene rings is 1. The van der Waals surface area contributed by atoms with Crippen LogP contribution in [0, 0.1) is 5.82 Å². The summed E-state index contributed by atoms with van der Waals surface area (Å²) in [5.41, 5.74) is 5.97. The summed E-state index contributed by atoms with van der Waals surface area (Å²) in [7, 11) is -3.85. The van der Waals surface area contributed by atoms with E-state index in [1.807, 2.05) is 0 Å². The van der Waals surface area contributed by atoms with Crippen LogP contribution in [-0.2, 0) is 21.3 Å². The van der Waals surface area contributed by atoms with Gasteiger partial charge in [-0.2, -0.15) is 4.31 Å². The molecule has 0 aromatic heterocycles.